The number of pyridine rings is 1. The molecule has 0 bridgehead atoms. The van der Waals surface area contributed by atoms with Crippen molar-refractivity contribution in [1.82, 2.24) is 9.88 Å². The largest absolute Gasteiger partial charge is 0.497 e. The number of nitrogens with one attached hydrogen (secondary N) is 1. The maximum atomic E-state index is 15.8. The van der Waals surface area contributed by atoms with E-state index in [1.54, 1.807) is 31.5 Å². The fourth-order valence-corrected chi connectivity index (χ4v) is 5.26. The minimum absolute atomic E-state index is 0.0491. The van der Waals surface area contributed by atoms with Crippen LogP contribution in [0.25, 0.3) is 10.9 Å². The lowest BCUT2D eigenvalue weighted by Crippen LogP contribution is -2.43. The molecule has 10 heteroatoms. The molecular formula is C28H34F4N4O2. The molecule has 3 aromatic rings. The molecule has 4 N–H and O–H groups in total. The van der Waals surface area contributed by atoms with Crippen molar-refractivity contribution in [3.05, 3.63) is 65.1 Å². The highest BCUT2D eigenvalue weighted by molar-refractivity contribution is 5.85. The molecule has 4 rings (SSSR count). The van der Waals surface area contributed by atoms with Crippen LogP contribution >= 0.6 is 0 Å². The van der Waals surface area contributed by atoms with E-state index in [1.165, 1.54) is 0 Å². The molecule has 0 spiro atoms. The van der Waals surface area contributed by atoms with Gasteiger partial charge in [-0.15, -0.1) is 0 Å². The summed E-state index contributed by atoms with van der Waals surface area (Å²) in [6.45, 7) is 2.24. The van der Waals surface area contributed by atoms with Gasteiger partial charge >= 0.3 is 0 Å². The number of aliphatic hydroxyl groups excluding tert-OH is 1. The smallest absolute Gasteiger partial charge is 0.152 e. The zero-order valence-corrected chi connectivity index (χ0v) is 21.5. The first-order valence-electron chi connectivity index (χ1n) is 12.8. The summed E-state index contributed by atoms with van der Waals surface area (Å²) in [5.41, 5.74) is 6.99. The van der Waals surface area contributed by atoms with Gasteiger partial charge in [-0.25, -0.2) is 17.6 Å². The van der Waals surface area contributed by atoms with Crippen molar-refractivity contribution in [1.29, 1.82) is 0 Å². The number of halogens is 4. The van der Waals surface area contributed by atoms with E-state index in [2.05, 4.69) is 15.2 Å². The monoisotopic (exact) mass is 534 g/mol. The maximum absolute atomic E-state index is 15.8. The lowest BCUT2D eigenvalue weighted by atomic mass is 9.74. The number of aliphatic hydroxyl groups is 1. The van der Waals surface area contributed by atoms with Crippen LogP contribution in [0.2, 0.25) is 0 Å². The number of fused-ring (bicyclic) bond motifs is 1. The fraction of sp³-hybridized carbons (Fsp3) is 0.464. The van der Waals surface area contributed by atoms with Crippen molar-refractivity contribution in [2.75, 3.05) is 45.2 Å². The third-order valence-corrected chi connectivity index (χ3v) is 7.65. The highest BCUT2D eigenvalue weighted by Gasteiger charge is 2.35. The molecule has 1 aliphatic heterocycles. The Balaban J connectivity index is 1.35. The third-order valence-electron chi connectivity index (χ3n) is 7.65. The fourth-order valence-electron chi connectivity index (χ4n) is 5.26. The lowest BCUT2D eigenvalue weighted by Gasteiger charge is -2.41. The van der Waals surface area contributed by atoms with Crippen molar-refractivity contribution < 1.29 is 27.4 Å². The predicted molar refractivity (Wildman–Crippen MR) is 139 cm³/mol. The summed E-state index contributed by atoms with van der Waals surface area (Å²) < 4.78 is 61.9. The molecular weight excluding hydrogens is 500 g/mol. The van der Waals surface area contributed by atoms with E-state index in [0.29, 0.717) is 78.8 Å². The Morgan fingerprint density at radius 1 is 1.16 bits per heavy atom. The number of aromatic nitrogens is 1. The van der Waals surface area contributed by atoms with Crippen LogP contribution in [0.5, 0.6) is 5.75 Å². The second-order valence-corrected chi connectivity index (χ2v) is 9.96. The van der Waals surface area contributed by atoms with E-state index < -0.39 is 29.0 Å². The van der Waals surface area contributed by atoms with E-state index in [0.717, 1.165) is 0 Å². The number of hydrogen-bond acceptors (Lipinski definition) is 6. The van der Waals surface area contributed by atoms with Gasteiger partial charge in [0, 0.05) is 55.5 Å². The van der Waals surface area contributed by atoms with Crippen molar-refractivity contribution in [2.24, 2.45) is 11.1 Å². The highest BCUT2D eigenvalue weighted by atomic mass is 19.1. The van der Waals surface area contributed by atoms with Crippen LogP contribution in [0, 0.1) is 22.9 Å². The summed E-state index contributed by atoms with van der Waals surface area (Å²) >= 11 is 0. The first kappa shape index (κ1) is 28.1. The molecule has 0 saturated carbocycles. The molecule has 1 aliphatic rings. The quantitative estimate of drug-likeness (QED) is 0.297. The standard InChI is InChI=1S/C28H34F4N4O2/c1-38-20-2-3-25-21(14-20)26(18(15-33)16-35-25)22(30)4-5-28(17-37)6-9-36(10-7-28)11-8-34-27-23(31)12-19(29)13-24(27)32/h2-3,12-14,16,22,34,37H,4-11,15,17,33H2,1H3/t22-/m0/s1. The normalized spacial score (nSPS) is 16.5. The second kappa shape index (κ2) is 12.3. The number of alkyl halides is 1. The van der Waals surface area contributed by atoms with Gasteiger partial charge in [0.1, 0.15) is 23.4 Å². The van der Waals surface area contributed by atoms with E-state index >= 15 is 4.39 Å². The van der Waals surface area contributed by atoms with E-state index in [1.807, 2.05) is 0 Å². The van der Waals surface area contributed by atoms with E-state index in [-0.39, 0.29) is 31.8 Å². The summed E-state index contributed by atoms with van der Waals surface area (Å²) in [4.78, 5) is 6.53. The molecule has 2 aromatic carbocycles. The second-order valence-electron chi connectivity index (χ2n) is 9.96. The number of piperidine rings is 1. The number of likely N-dealkylation sites (tertiary alicyclic amines) is 1. The Morgan fingerprint density at radius 3 is 2.50 bits per heavy atom. The summed E-state index contributed by atoms with van der Waals surface area (Å²) in [6, 6.07) is 6.64. The van der Waals surface area contributed by atoms with Crippen LogP contribution in [0.3, 0.4) is 0 Å². The Morgan fingerprint density at radius 2 is 1.87 bits per heavy atom. The van der Waals surface area contributed by atoms with Crippen LogP contribution in [0.15, 0.2) is 36.5 Å². The molecule has 0 amide bonds. The van der Waals surface area contributed by atoms with Gasteiger partial charge in [0.05, 0.1) is 12.6 Å². The molecule has 0 unspecified atom stereocenters. The predicted octanol–water partition coefficient (Wildman–Crippen LogP) is 5.10. The van der Waals surface area contributed by atoms with Crippen molar-refractivity contribution >= 4 is 16.6 Å². The molecule has 0 aliphatic carbocycles. The number of benzene rings is 2. The number of methoxy groups -OCH3 is 1. The molecule has 1 fully saturated rings. The number of ether oxygens (including phenoxy) is 1. The SMILES string of the molecule is COc1ccc2ncc(CN)c([C@@H](F)CCC3(CO)CCN(CCNc4c(F)cc(F)cc4F)CC3)c2c1. The molecule has 1 aromatic heterocycles. The number of rotatable bonds is 11. The minimum atomic E-state index is -1.28. The van der Waals surface area contributed by atoms with Crippen molar-refractivity contribution in [3.8, 4) is 5.75 Å². The Bertz CT molecular complexity index is 1220. The summed E-state index contributed by atoms with van der Waals surface area (Å²) in [5.74, 6) is -2.30. The lowest BCUT2D eigenvalue weighted by molar-refractivity contribution is 0.0315. The van der Waals surface area contributed by atoms with Crippen LogP contribution in [-0.4, -0.2) is 54.9 Å². The highest BCUT2D eigenvalue weighted by Crippen LogP contribution is 2.41. The molecule has 6 nitrogen and oxygen atoms in total. The van der Waals surface area contributed by atoms with Crippen molar-refractivity contribution in [3.63, 3.8) is 0 Å². The molecule has 1 atom stereocenters. The van der Waals surface area contributed by atoms with Gasteiger partial charge in [0.2, 0.25) is 0 Å². The minimum Gasteiger partial charge on any atom is -0.497 e. The number of nitrogens with two attached hydrogens (primary N) is 1. The van der Waals surface area contributed by atoms with Gasteiger partial charge < -0.3 is 25.8 Å². The number of nitrogens with zero attached hydrogens (tertiary/aromatic N) is 2. The first-order chi connectivity index (χ1) is 18.3. The van der Waals surface area contributed by atoms with Crippen LogP contribution in [0.1, 0.15) is 43.0 Å². The number of hydrogen-bond donors (Lipinski definition) is 3. The molecule has 38 heavy (non-hydrogen) atoms. The Labute approximate surface area is 219 Å². The van der Waals surface area contributed by atoms with E-state index in [9.17, 15) is 18.3 Å². The van der Waals surface area contributed by atoms with Gasteiger partial charge in [-0.2, -0.15) is 0 Å². The first-order valence-corrected chi connectivity index (χ1v) is 12.8. The topological polar surface area (TPSA) is 83.6 Å². The Hall–Kier alpha value is -2.95. The summed E-state index contributed by atoms with van der Waals surface area (Å²) in [7, 11) is 1.56. The number of anilines is 1. The van der Waals surface area contributed by atoms with Crippen molar-refractivity contribution in [2.45, 2.75) is 38.4 Å². The zero-order chi connectivity index (χ0) is 27.3. The molecule has 1 saturated heterocycles. The van der Waals surface area contributed by atoms with Gasteiger partial charge in [0.25, 0.3) is 0 Å². The van der Waals surface area contributed by atoms with E-state index in [4.69, 9.17) is 10.5 Å². The van der Waals surface area contributed by atoms with Crippen LogP contribution < -0.4 is 15.8 Å². The van der Waals surface area contributed by atoms with Crippen LogP contribution in [0.4, 0.5) is 23.2 Å². The van der Waals surface area contributed by atoms with Gasteiger partial charge in [0.15, 0.2) is 11.6 Å². The summed E-state index contributed by atoms with van der Waals surface area (Å²) in [5, 5.41) is 13.6. The third kappa shape index (κ3) is 6.19. The average Bonchev–Trinajstić information content (AvgIpc) is 2.92. The molecule has 2 heterocycles. The average molecular weight is 535 g/mol. The van der Waals surface area contributed by atoms with Gasteiger partial charge in [-0.05, 0) is 68.0 Å². The van der Waals surface area contributed by atoms with Gasteiger partial charge in [-0.3, -0.25) is 4.98 Å². The molecule has 0 radical (unpaired) electrons. The van der Waals surface area contributed by atoms with Crippen LogP contribution in [-0.2, 0) is 6.54 Å². The van der Waals surface area contributed by atoms with Gasteiger partial charge in [-0.1, -0.05) is 0 Å². The molecule has 206 valence electrons. The summed E-state index contributed by atoms with van der Waals surface area (Å²) in [6.07, 6.45) is 2.41. The zero-order valence-electron chi connectivity index (χ0n) is 21.5. The maximum Gasteiger partial charge on any atom is 0.152 e. The Kier molecular flexibility index (Phi) is 9.07.